The minimum atomic E-state index is -0.185. The second-order valence-electron chi connectivity index (χ2n) is 6.04. The van der Waals surface area contributed by atoms with E-state index in [0.717, 1.165) is 15.7 Å². The van der Waals surface area contributed by atoms with Gasteiger partial charge in [-0.15, -0.1) is 11.3 Å². The van der Waals surface area contributed by atoms with Crippen molar-refractivity contribution in [1.82, 2.24) is 15.3 Å². The van der Waals surface area contributed by atoms with E-state index in [4.69, 9.17) is 0 Å². The van der Waals surface area contributed by atoms with E-state index in [9.17, 15) is 4.79 Å². The van der Waals surface area contributed by atoms with Crippen molar-refractivity contribution in [2.75, 3.05) is 0 Å². The molecule has 1 N–H and O–H groups in total. The van der Waals surface area contributed by atoms with Gasteiger partial charge in [-0.25, -0.2) is 9.97 Å². The number of nitrogens with zero attached hydrogens (tertiary/aromatic N) is 2. The van der Waals surface area contributed by atoms with Gasteiger partial charge in [-0.3, -0.25) is 4.79 Å². The Morgan fingerprint density at radius 1 is 1.41 bits per heavy atom. The molecule has 2 rings (SSSR count). The van der Waals surface area contributed by atoms with Gasteiger partial charge in [0, 0.05) is 17.0 Å². The third kappa shape index (κ3) is 4.81. The molecule has 2 aromatic rings. The van der Waals surface area contributed by atoms with Gasteiger partial charge in [0.25, 0.3) is 0 Å². The number of hydrogen-bond acceptors (Lipinski definition) is 5. The van der Waals surface area contributed by atoms with Crippen LogP contribution < -0.4 is 5.32 Å². The van der Waals surface area contributed by atoms with E-state index in [1.165, 1.54) is 11.8 Å². The zero-order valence-electron chi connectivity index (χ0n) is 13.3. The fraction of sp³-hybridized carbons (Fsp3) is 0.438. The molecular formula is C16H21N3OS2. The average Bonchev–Trinajstić information content (AvgIpc) is 2.94. The molecule has 0 radical (unpaired) electrons. The molecule has 22 heavy (non-hydrogen) atoms. The van der Waals surface area contributed by atoms with Crippen LogP contribution in [0.1, 0.15) is 38.4 Å². The first-order valence-corrected chi connectivity index (χ1v) is 8.92. The van der Waals surface area contributed by atoms with Gasteiger partial charge in [-0.2, -0.15) is 0 Å². The first kappa shape index (κ1) is 17.0. The second kappa shape index (κ2) is 7.24. The molecule has 0 saturated carbocycles. The van der Waals surface area contributed by atoms with E-state index in [2.05, 4.69) is 36.1 Å². The van der Waals surface area contributed by atoms with Crippen LogP contribution in [0, 0.1) is 0 Å². The van der Waals surface area contributed by atoms with Crippen molar-refractivity contribution < 1.29 is 4.79 Å². The van der Waals surface area contributed by atoms with Gasteiger partial charge in [0.2, 0.25) is 5.91 Å². The van der Waals surface area contributed by atoms with Crippen LogP contribution >= 0.6 is 23.1 Å². The number of pyridine rings is 1. The Hall–Kier alpha value is -1.40. The van der Waals surface area contributed by atoms with Crippen molar-refractivity contribution in [3.8, 4) is 0 Å². The monoisotopic (exact) mass is 335 g/mol. The molecule has 2 aromatic heterocycles. The minimum Gasteiger partial charge on any atom is -0.349 e. The van der Waals surface area contributed by atoms with Gasteiger partial charge in [0.15, 0.2) is 0 Å². The number of thiazole rings is 1. The lowest BCUT2D eigenvalue weighted by Gasteiger charge is -2.13. The number of carbonyl (C=O) groups excluding carboxylic acids is 1. The van der Waals surface area contributed by atoms with E-state index < -0.39 is 0 Å². The van der Waals surface area contributed by atoms with Crippen molar-refractivity contribution in [3.05, 3.63) is 40.5 Å². The molecule has 0 aliphatic carbocycles. The molecule has 1 unspecified atom stereocenters. The van der Waals surface area contributed by atoms with Crippen molar-refractivity contribution in [2.24, 2.45) is 0 Å². The number of carbonyl (C=O) groups is 1. The summed E-state index contributed by atoms with van der Waals surface area (Å²) in [5.74, 6) is 0.000890. The summed E-state index contributed by atoms with van der Waals surface area (Å²) in [4.78, 5) is 20.9. The highest BCUT2D eigenvalue weighted by Crippen LogP contribution is 2.25. The van der Waals surface area contributed by atoms with Gasteiger partial charge < -0.3 is 5.32 Å². The highest BCUT2D eigenvalue weighted by atomic mass is 32.2. The maximum Gasteiger partial charge on any atom is 0.233 e. The number of hydrogen-bond donors (Lipinski definition) is 1. The molecule has 0 aliphatic rings. The zero-order valence-corrected chi connectivity index (χ0v) is 14.9. The molecular weight excluding hydrogens is 314 g/mol. The van der Waals surface area contributed by atoms with E-state index >= 15 is 0 Å². The standard InChI is InChI=1S/C16H21N3OS2/c1-11(22-13-7-5-6-8-17-13)14(20)18-9-12-10-21-15(19-12)16(2,3)4/h5-8,10-11H,9H2,1-4H3,(H,18,20). The van der Waals surface area contributed by atoms with Crippen molar-refractivity contribution in [3.63, 3.8) is 0 Å². The number of aromatic nitrogens is 2. The van der Waals surface area contributed by atoms with Crippen LogP contribution in [0.5, 0.6) is 0 Å². The highest BCUT2D eigenvalue weighted by Gasteiger charge is 2.19. The maximum atomic E-state index is 12.1. The SMILES string of the molecule is CC(Sc1ccccn1)C(=O)NCc1csc(C(C)(C)C)n1. The van der Waals surface area contributed by atoms with Gasteiger partial charge in [-0.1, -0.05) is 38.6 Å². The van der Waals surface area contributed by atoms with Crippen molar-refractivity contribution in [2.45, 2.75) is 49.9 Å². The van der Waals surface area contributed by atoms with Crippen LogP contribution in [-0.2, 0) is 16.8 Å². The molecule has 0 bridgehead atoms. The van der Waals surface area contributed by atoms with Crippen LogP contribution in [0.15, 0.2) is 34.8 Å². The fourth-order valence-corrected chi connectivity index (χ4v) is 3.44. The largest absolute Gasteiger partial charge is 0.349 e. The van der Waals surface area contributed by atoms with Gasteiger partial charge in [0.1, 0.15) is 0 Å². The molecule has 0 fully saturated rings. The molecule has 118 valence electrons. The lowest BCUT2D eigenvalue weighted by molar-refractivity contribution is -0.120. The molecule has 1 amide bonds. The Kier molecular flexibility index (Phi) is 5.58. The first-order chi connectivity index (χ1) is 10.4. The van der Waals surface area contributed by atoms with Gasteiger partial charge in [-0.05, 0) is 19.1 Å². The Bertz CT molecular complexity index is 620. The molecule has 2 heterocycles. The predicted molar refractivity (Wildman–Crippen MR) is 92.2 cm³/mol. The number of rotatable bonds is 5. The van der Waals surface area contributed by atoms with Gasteiger partial charge >= 0.3 is 0 Å². The quantitative estimate of drug-likeness (QED) is 0.848. The van der Waals surface area contributed by atoms with Crippen LogP contribution in [-0.4, -0.2) is 21.1 Å². The number of thioether (sulfide) groups is 1. The summed E-state index contributed by atoms with van der Waals surface area (Å²) in [6.45, 7) is 8.77. The van der Waals surface area contributed by atoms with E-state index in [0.29, 0.717) is 6.54 Å². The van der Waals surface area contributed by atoms with Crippen LogP contribution in [0.2, 0.25) is 0 Å². The van der Waals surface area contributed by atoms with Crippen LogP contribution in [0.3, 0.4) is 0 Å². The van der Waals surface area contributed by atoms with Crippen molar-refractivity contribution in [1.29, 1.82) is 0 Å². The van der Waals surface area contributed by atoms with E-state index in [1.54, 1.807) is 17.5 Å². The molecule has 0 aliphatic heterocycles. The maximum absolute atomic E-state index is 12.1. The van der Waals surface area contributed by atoms with Crippen LogP contribution in [0.25, 0.3) is 0 Å². The average molecular weight is 335 g/mol. The fourth-order valence-electron chi connectivity index (χ4n) is 1.71. The summed E-state index contributed by atoms with van der Waals surface area (Å²) in [5, 5.41) is 6.71. The Morgan fingerprint density at radius 3 is 2.77 bits per heavy atom. The van der Waals surface area contributed by atoms with E-state index in [1.807, 2.05) is 30.5 Å². The first-order valence-electron chi connectivity index (χ1n) is 7.16. The Morgan fingerprint density at radius 2 is 2.18 bits per heavy atom. The van der Waals surface area contributed by atoms with Crippen LogP contribution in [0.4, 0.5) is 0 Å². The molecule has 0 saturated heterocycles. The molecule has 6 heteroatoms. The lowest BCUT2D eigenvalue weighted by atomic mass is 9.98. The van der Waals surface area contributed by atoms with Gasteiger partial charge in [0.05, 0.1) is 27.5 Å². The Labute approximate surface area is 139 Å². The summed E-state index contributed by atoms with van der Waals surface area (Å²) < 4.78 is 0. The summed E-state index contributed by atoms with van der Waals surface area (Å²) >= 11 is 3.10. The summed E-state index contributed by atoms with van der Waals surface area (Å²) in [6, 6.07) is 5.69. The molecule has 1 atom stereocenters. The third-order valence-corrected chi connectivity index (χ3v) is 5.31. The number of nitrogens with one attached hydrogen (secondary N) is 1. The molecule has 4 nitrogen and oxygen atoms in total. The van der Waals surface area contributed by atoms with E-state index in [-0.39, 0.29) is 16.6 Å². The minimum absolute atomic E-state index is 0.000890. The Balaban J connectivity index is 1.86. The second-order valence-corrected chi connectivity index (χ2v) is 8.26. The normalized spacial score (nSPS) is 12.9. The number of amides is 1. The smallest absolute Gasteiger partial charge is 0.233 e. The summed E-state index contributed by atoms with van der Waals surface area (Å²) in [5.41, 5.74) is 0.966. The van der Waals surface area contributed by atoms with Crippen molar-refractivity contribution >= 4 is 29.0 Å². The highest BCUT2D eigenvalue weighted by molar-refractivity contribution is 8.00. The zero-order chi connectivity index (χ0) is 16.2. The summed E-state index contributed by atoms with van der Waals surface area (Å²) in [6.07, 6.45) is 1.73. The lowest BCUT2D eigenvalue weighted by Crippen LogP contribution is -2.30. The predicted octanol–water partition coefficient (Wildman–Crippen LogP) is 3.63. The topological polar surface area (TPSA) is 54.9 Å². The summed E-state index contributed by atoms with van der Waals surface area (Å²) in [7, 11) is 0. The molecule has 0 spiro atoms. The molecule has 0 aromatic carbocycles. The third-order valence-electron chi connectivity index (χ3n) is 2.94.